The minimum absolute atomic E-state index is 0.262. The van der Waals surface area contributed by atoms with E-state index in [1.54, 1.807) is 6.08 Å². The van der Waals surface area contributed by atoms with Crippen LogP contribution in [0.4, 0.5) is 0 Å². The highest BCUT2D eigenvalue weighted by Crippen LogP contribution is 2.30. The van der Waals surface area contributed by atoms with Gasteiger partial charge in [-0.2, -0.15) is 0 Å². The molecule has 386 valence electrons. The number of aliphatic hydroxyl groups is 8. The van der Waals surface area contributed by atoms with Gasteiger partial charge in [-0.1, -0.05) is 172 Å². The third-order valence-corrected chi connectivity index (χ3v) is 12.8. The van der Waals surface area contributed by atoms with Gasteiger partial charge >= 0.3 is 0 Å². The van der Waals surface area contributed by atoms with Crippen LogP contribution in [0.15, 0.2) is 36.5 Å². The zero-order valence-corrected chi connectivity index (χ0v) is 40.9. The second kappa shape index (κ2) is 39.0. The van der Waals surface area contributed by atoms with E-state index in [4.69, 9.17) is 18.9 Å². The molecule has 2 fully saturated rings. The molecule has 0 aromatic rings. The van der Waals surface area contributed by atoms with Gasteiger partial charge in [-0.25, -0.2) is 0 Å². The zero-order valence-electron chi connectivity index (χ0n) is 40.9. The molecule has 14 nitrogen and oxygen atoms in total. The number of carbonyl (C=O) groups excluding carboxylic acids is 1. The van der Waals surface area contributed by atoms with Crippen LogP contribution in [0.25, 0.3) is 0 Å². The second-order valence-corrected chi connectivity index (χ2v) is 18.6. The Kier molecular flexibility index (Phi) is 35.6. The molecule has 14 heteroatoms. The molecule has 2 heterocycles. The van der Waals surface area contributed by atoms with E-state index < -0.39 is 86.8 Å². The largest absolute Gasteiger partial charge is 0.394 e. The third-order valence-electron chi connectivity index (χ3n) is 12.8. The van der Waals surface area contributed by atoms with E-state index in [0.717, 1.165) is 57.8 Å². The summed E-state index contributed by atoms with van der Waals surface area (Å²) in [5.74, 6) is -0.262. The van der Waals surface area contributed by atoms with Crippen LogP contribution in [-0.2, 0) is 23.7 Å². The van der Waals surface area contributed by atoms with Gasteiger partial charge in [0.1, 0.15) is 48.8 Å². The van der Waals surface area contributed by atoms with Crippen molar-refractivity contribution in [2.24, 2.45) is 0 Å². The van der Waals surface area contributed by atoms with Crippen LogP contribution in [0.3, 0.4) is 0 Å². The molecular weight excluding hydrogens is 847 g/mol. The number of amides is 1. The highest BCUT2D eigenvalue weighted by molar-refractivity contribution is 5.76. The van der Waals surface area contributed by atoms with Crippen LogP contribution in [0, 0.1) is 0 Å². The lowest BCUT2D eigenvalue weighted by Gasteiger charge is -2.46. The van der Waals surface area contributed by atoms with Crippen molar-refractivity contribution in [3.05, 3.63) is 36.5 Å². The summed E-state index contributed by atoms with van der Waals surface area (Å²) < 4.78 is 22.6. The van der Waals surface area contributed by atoms with Crippen molar-refractivity contribution in [3.63, 3.8) is 0 Å². The van der Waals surface area contributed by atoms with Gasteiger partial charge in [0.05, 0.1) is 32.0 Å². The summed E-state index contributed by atoms with van der Waals surface area (Å²) in [7, 11) is 0. The number of ether oxygens (including phenoxy) is 4. The molecule has 9 N–H and O–H groups in total. The molecule has 0 aromatic carbocycles. The fourth-order valence-electron chi connectivity index (χ4n) is 8.48. The highest BCUT2D eigenvalue weighted by atomic mass is 16.7. The van der Waals surface area contributed by atoms with Gasteiger partial charge in [0.15, 0.2) is 12.6 Å². The molecule has 0 aromatic heterocycles. The maximum absolute atomic E-state index is 13.1. The first-order valence-corrected chi connectivity index (χ1v) is 26.2. The fraction of sp³-hybridized carbons (Fsp3) is 0.865. The van der Waals surface area contributed by atoms with E-state index in [9.17, 15) is 45.6 Å². The summed E-state index contributed by atoms with van der Waals surface area (Å²) in [6.45, 7) is 2.69. The lowest BCUT2D eigenvalue weighted by atomic mass is 9.97. The molecular formula is C52H95NO13. The molecule has 66 heavy (non-hydrogen) atoms. The Bertz CT molecular complexity index is 1250. The summed E-state index contributed by atoms with van der Waals surface area (Å²) >= 11 is 0. The summed E-state index contributed by atoms with van der Waals surface area (Å²) in [4.78, 5) is 13.1. The molecule has 2 aliphatic heterocycles. The predicted molar refractivity (Wildman–Crippen MR) is 258 cm³/mol. The number of aliphatic hydroxyl groups excluding tert-OH is 8. The lowest BCUT2D eigenvalue weighted by molar-refractivity contribution is -0.359. The monoisotopic (exact) mass is 942 g/mol. The van der Waals surface area contributed by atoms with E-state index in [0.29, 0.717) is 12.8 Å². The van der Waals surface area contributed by atoms with Crippen molar-refractivity contribution >= 4 is 5.91 Å². The Hall–Kier alpha value is -1.79. The maximum Gasteiger partial charge on any atom is 0.220 e. The van der Waals surface area contributed by atoms with Crippen LogP contribution in [0.2, 0.25) is 0 Å². The van der Waals surface area contributed by atoms with Crippen molar-refractivity contribution in [1.82, 2.24) is 5.32 Å². The number of hydrogen-bond donors (Lipinski definition) is 9. The van der Waals surface area contributed by atoms with Crippen molar-refractivity contribution < 1.29 is 64.6 Å². The molecule has 0 aliphatic carbocycles. The Labute approximate surface area is 398 Å². The van der Waals surface area contributed by atoms with Gasteiger partial charge < -0.3 is 65.1 Å². The Morgan fingerprint density at radius 3 is 1.55 bits per heavy atom. The fourth-order valence-corrected chi connectivity index (χ4v) is 8.48. The Balaban J connectivity index is 1.81. The molecule has 0 bridgehead atoms. The lowest BCUT2D eigenvalue weighted by Crippen LogP contribution is -2.65. The molecule has 1 amide bonds. The van der Waals surface area contributed by atoms with Gasteiger partial charge in [-0.15, -0.1) is 0 Å². The summed E-state index contributed by atoms with van der Waals surface area (Å²) in [6, 6.07) is -0.933. The average molecular weight is 942 g/mol. The molecule has 0 radical (unpaired) electrons. The molecule has 12 atom stereocenters. The minimum Gasteiger partial charge on any atom is -0.394 e. The first-order valence-electron chi connectivity index (χ1n) is 26.2. The number of rotatable bonds is 40. The summed E-state index contributed by atoms with van der Waals surface area (Å²) in [5.41, 5.74) is 0. The van der Waals surface area contributed by atoms with E-state index in [2.05, 4.69) is 43.5 Å². The van der Waals surface area contributed by atoms with Gasteiger partial charge in [0.2, 0.25) is 5.91 Å². The molecule has 2 rings (SSSR count). The SMILES string of the molecule is CCC/C=C\CCCCCCCC(=O)NC(COC1OC(CO)C(OC2OC(CO)C(O)C(O)C2O)C(O)C1O)C(O)/C=C/CC/C=C/CCCCCCCCCCCCCCCCCC. The van der Waals surface area contributed by atoms with E-state index in [1.165, 1.54) is 103 Å². The topological polar surface area (TPSA) is 228 Å². The molecule has 2 saturated heterocycles. The molecule has 0 spiro atoms. The first-order chi connectivity index (χ1) is 32.1. The molecule has 12 unspecified atom stereocenters. The van der Waals surface area contributed by atoms with Crippen LogP contribution < -0.4 is 5.32 Å². The number of carbonyl (C=O) groups is 1. The first kappa shape index (κ1) is 60.3. The third kappa shape index (κ3) is 25.7. The molecule has 0 saturated carbocycles. The Morgan fingerprint density at radius 1 is 0.530 bits per heavy atom. The van der Waals surface area contributed by atoms with Crippen LogP contribution in [-0.4, -0.2) is 140 Å². The van der Waals surface area contributed by atoms with Crippen molar-refractivity contribution in [3.8, 4) is 0 Å². The second-order valence-electron chi connectivity index (χ2n) is 18.6. The van der Waals surface area contributed by atoms with Crippen molar-refractivity contribution in [2.45, 2.75) is 267 Å². The van der Waals surface area contributed by atoms with Crippen LogP contribution >= 0.6 is 0 Å². The normalized spacial score (nSPS) is 27.1. The van der Waals surface area contributed by atoms with Gasteiger partial charge in [0.25, 0.3) is 0 Å². The molecule has 2 aliphatic rings. The minimum atomic E-state index is -1.79. The number of hydrogen-bond acceptors (Lipinski definition) is 13. The average Bonchev–Trinajstić information content (AvgIpc) is 3.31. The van der Waals surface area contributed by atoms with Crippen LogP contribution in [0.5, 0.6) is 0 Å². The number of unbranched alkanes of at least 4 members (excludes halogenated alkanes) is 23. The smallest absolute Gasteiger partial charge is 0.220 e. The zero-order chi connectivity index (χ0) is 48.2. The van der Waals surface area contributed by atoms with E-state index in [1.807, 2.05) is 6.08 Å². The standard InChI is InChI=1S/C52H95NO13/c1-3-5-7-9-11-13-15-16-17-18-19-20-21-22-23-24-25-26-27-29-31-33-35-41(56)40(53-44(57)36-34-32-30-28-14-12-10-8-6-4-2)39-63-51-49(62)47(60)50(43(38-55)65-51)66-52-48(61)46(59)45(58)42(37-54)64-52/h8,10,26-27,33,35,40-43,45-52,54-56,58-62H,3-7,9,11-25,28-32,34,36-39H2,1-2H3,(H,53,57)/b10-8-,27-26+,35-33+. The van der Waals surface area contributed by atoms with Crippen molar-refractivity contribution in [2.75, 3.05) is 19.8 Å². The summed E-state index contributed by atoms with van der Waals surface area (Å²) in [5, 5.41) is 86.6. The predicted octanol–water partition coefficient (Wildman–Crippen LogP) is 7.10. The van der Waals surface area contributed by atoms with E-state index >= 15 is 0 Å². The Morgan fingerprint density at radius 2 is 1.00 bits per heavy atom. The van der Waals surface area contributed by atoms with Gasteiger partial charge in [-0.05, 0) is 51.4 Å². The summed E-state index contributed by atoms with van der Waals surface area (Å²) in [6.07, 6.45) is 27.8. The van der Waals surface area contributed by atoms with Gasteiger partial charge in [0, 0.05) is 6.42 Å². The number of allylic oxidation sites excluding steroid dienone is 5. The van der Waals surface area contributed by atoms with Gasteiger partial charge in [-0.3, -0.25) is 4.79 Å². The van der Waals surface area contributed by atoms with Crippen LogP contribution in [0.1, 0.15) is 194 Å². The quantitative estimate of drug-likeness (QED) is 0.0221. The van der Waals surface area contributed by atoms with Crippen molar-refractivity contribution in [1.29, 1.82) is 0 Å². The number of nitrogens with one attached hydrogen (secondary N) is 1. The van der Waals surface area contributed by atoms with E-state index in [-0.39, 0.29) is 18.9 Å². The maximum atomic E-state index is 13.1. The highest BCUT2D eigenvalue weighted by Gasteiger charge is 2.51.